The summed E-state index contributed by atoms with van der Waals surface area (Å²) in [5.74, 6) is -1.37. The van der Waals surface area contributed by atoms with Crippen molar-refractivity contribution in [3.05, 3.63) is 58.3 Å². The highest BCUT2D eigenvalue weighted by Crippen LogP contribution is 2.38. The molecular weight excluding hydrogens is 477 g/mol. The van der Waals surface area contributed by atoms with Crippen molar-refractivity contribution in [3.8, 4) is 5.75 Å². The predicted octanol–water partition coefficient (Wildman–Crippen LogP) is 3.14. The van der Waals surface area contributed by atoms with Crippen LogP contribution in [-0.4, -0.2) is 66.1 Å². The maximum Gasteiger partial charge on any atom is 0.317 e. The van der Waals surface area contributed by atoms with Crippen molar-refractivity contribution in [2.75, 3.05) is 6.54 Å². The first-order chi connectivity index (χ1) is 16.9. The van der Waals surface area contributed by atoms with Crippen molar-refractivity contribution < 1.29 is 23.8 Å². The number of hydrogen-bond acceptors (Lipinski definition) is 6. The molecule has 0 spiro atoms. The Balaban J connectivity index is 1.20. The van der Waals surface area contributed by atoms with Gasteiger partial charge in [-0.05, 0) is 37.8 Å². The second kappa shape index (κ2) is 8.46. The second-order valence-electron chi connectivity index (χ2n) is 9.43. The van der Waals surface area contributed by atoms with Gasteiger partial charge in [0.2, 0.25) is 0 Å². The summed E-state index contributed by atoms with van der Waals surface area (Å²) in [7, 11) is 0. The smallest absolute Gasteiger partial charge is 0.317 e. The van der Waals surface area contributed by atoms with Crippen LogP contribution in [0.25, 0.3) is 5.65 Å². The molecule has 3 atom stereocenters. The van der Waals surface area contributed by atoms with Crippen LogP contribution in [0.3, 0.4) is 0 Å². The molecule has 2 aromatic heterocycles. The highest BCUT2D eigenvalue weighted by molar-refractivity contribution is 6.30. The number of aromatic nitrogens is 3. The summed E-state index contributed by atoms with van der Waals surface area (Å²) in [6, 6.07) is 4.22. The van der Waals surface area contributed by atoms with E-state index in [4.69, 9.17) is 16.3 Å². The lowest BCUT2D eigenvalue weighted by Gasteiger charge is -2.38. The van der Waals surface area contributed by atoms with Gasteiger partial charge in [-0.3, -0.25) is 14.5 Å². The topological polar surface area (TPSA) is 100 Å². The van der Waals surface area contributed by atoms with Crippen molar-refractivity contribution in [2.45, 2.75) is 57.0 Å². The maximum atomic E-state index is 14.2. The molecule has 0 radical (unpaired) electrons. The van der Waals surface area contributed by atoms with Crippen LogP contribution < -0.4 is 4.74 Å². The Labute approximate surface area is 205 Å². The van der Waals surface area contributed by atoms with Gasteiger partial charge < -0.3 is 14.7 Å². The number of carbonyl (C=O) groups is 2. The molecular formula is C24H23ClFN5O4. The summed E-state index contributed by atoms with van der Waals surface area (Å²) in [5.41, 5.74) is 2.56. The second-order valence-corrected chi connectivity index (χ2v) is 9.87. The van der Waals surface area contributed by atoms with Crippen LogP contribution in [0.4, 0.5) is 4.39 Å². The quantitative estimate of drug-likeness (QED) is 0.575. The number of halogens is 2. The molecule has 9 nitrogen and oxygen atoms in total. The minimum Gasteiger partial charge on any atom is -0.489 e. The van der Waals surface area contributed by atoms with Gasteiger partial charge in [-0.25, -0.2) is 13.9 Å². The Morgan fingerprint density at radius 1 is 1.20 bits per heavy atom. The van der Waals surface area contributed by atoms with E-state index in [2.05, 4.69) is 10.1 Å². The van der Waals surface area contributed by atoms with Crippen LogP contribution >= 0.6 is 11.6 Å². The van der Waals surface area contributed by atoms with E-state index in [1.54, 1.807) is 21.8 Å². The summed E-state index contributed by atoms with van der Waals surface area (Å²) in [4.78, 5) is 32.7. The summed E-state index contributed by atoms with van der Waals surface area (Å²) in [5, 5.41) is 14.2. The van der Waals surface area contributed by atoms with E-state index < -0.39 is 11.8 Å². The normalized spacial score (nSPS) is 23.6. The molecule has 0 saturated carbocycles. The zero-order valence-corrected chi connectivity index (χ0v) is 19.5. The zero-order chi connectivity index (χ0) is 24.3. The van der Waals surface area contributed by atoms with Crippen LogP contribution in [0.15, 0.2) is 30.6 Å². The number of rotatable bonds is 5. The highest BCUT2D eigenvalue weighted by Gasteiger charge is 2.42. The zero-order valence-electron chi connectivity index (χ0n) is 18.7. The Morgan fingerprint density at radius 3 is 2.71 bits per heavy atom. The van der Waals surface area contributed by atoms with E-state index in [0.29, 0.717) is 42.2 Å². The van der Waals surface area contributed by atoms with Crippen molar-refractivity contribution in [1.29, 1.82) is 0 Å². The molecule has 5 heterocycles. The third-order valence-electron chi connectivity index (χ3n) is 7.22. The molecule has 3 aliphatic heterocycles. The Bertz CT molecular complexity index is 1330. The van der Waals surface area contributed by atoms with Gasteiger partial charge in [-0.2, -0.15) is 5.10 Å². The summed E-state index contributed by atoms with van der Waals surface area (Å²) >= 11 is 6.00. The van der Waals surface area contributed by atoms with Crippen LogP contribution in [0.2, 0.25) is 5.02 Å². The molecule has 3 aliphatic rings. The Morgan fingerprint density at radius 2 is 1.97 bits per heavy atom. The number of benzene rings is 1. The van der Waals surface area contributed by atoms with Gasteiger partial charge in [0.05, 0.1) is 42.1 Å². The van der Waals surface area contributed by atoms with E-state index in [9.17, 15) is 19.1 Å². The van der Waals surface area contributed by atoms with Crippen molar-refractivity contribution in [2.24, 2.45) is 0 Å². The molecule has 1 unspecified atom stereocenters. The number of piperidine rings is 1. The molecule has 1 N–H and O–H groups in total. The van der Waals surface area contributed by atoms with Gasteiger partial charge in [0, 0.05) is 29.9 Å². The lowest BCUT2D eigenvalue weighted by atomic mass is 9.99. The molecule has 2 bridgehead atoms. The number of carbonyl (C=O) groups excluding carboxylic acids is 1. The lowest BCUT2D eigenvalue weighted by Crippen LogP contribution is -2.48. The molecule has 1 amide bonds. The van der Waals surface area contributed by atoms with Crippen molar-refractivity contribution in [3.63, 3.8) is 0 Å². The molecule has 2 fully saturated rings. The van der Waals surface area contributed by atoms with Crippen molar-refractivity contribution >= 4 is 29.1 Å². The maximum absolute atomic E-state index is 14.2. The summed E-state index contributed by atoms with van der Waals surface area (Å²) in [6.07, 6.45) is 6.14. The number of amides is 1. The summed E-state index contributed by atoms with van der Waals surface area (Å²) in [6.45, 7) is 0.663. The molecule has 35 heavy (non-hydrogen) atoms. The van der Waals surface area contributed by atoms with Crippen LogP contribution in [0, 0.1) is 5.82 Å². The monoisotopic (exact) mass is 499 g/mol. The number of hydrogen-bond donors (Lipinski definition) is 1. The lowest BCUT2D eigenvalue weighted by molar-refractivity contribution is -0.140. The Kier molecular flexibility index (Phi) is 5.37. The molecule has 2 saturated heterocycles. The van der Waals surface area contributed by atoms with Gasteiger partial charge in [-0.15, -0.1) is 0 Å². The first-order valence-corrected chi connectivity index (χ1v) is 12.0. The SMILES string of the molecule is O=C(O)CN1[C@@H]2CC[C@H]1CC(Oc1cc(F)ccc1C(=O)N1Cc3nn4cc(Cl)cnc4c3C1)C2. The minimum absolute atomic E-state index is 0.0198. The van der Waals surface area contributed by atoms with E-state index >= 15 is 0 Å². The van der Waals surface area contributed by atoms with Gasteiger partial charge in [0.15, 0.2) is 5.65 Å². The number of ether oxygens (including phenoxy) is 1. The van der Waals surface area contributed by atoms with Gasteiger partial charge in [0.1, 0.15) is 17.7 Å². The van der Waals surface area contributed by atoms with Crippen LogP contribution in [0.1, 0.15) is 47.3 Å². The van der Waals surface area contributed by atoms with Gasteiger partial charge in [-0.1, -0.05) is 11.6 Å². The number of carboxylic acids is 1. The molecule has 1 aromatic carbocycles. The van der Waals surface area contributed by atoms with E-state index in [-0.39, 0.29) is 36.4 Å². The molecule has 6 rings (SSSR count). The van der Waals surface area contributed by atoms with E-state index in [0.717, 1.165) is 24.1 Å². The fourth-order valence-corrected chi connectivity index (χ4v) is 5.86. The van der Waals surface area contributed by atoms with Crippen molar-refractivity contribution in [1.82, 2.24) is 24.4 Å². The fourth-order valence-electron chi connectivity index (χ4n) is 5.72. The van der Waals surface area contributed by atoms with Gasteiger partial charge in [0.25, 0.3) is 5.91 Å². The average molecular weight is 500 g/mol. The molecule has 3 aromatic rings. The predicted molar refractivity (Wildman–Crippen MR) is 123 cm³/mol. The third-order valence-corrected chi connectivity index (χ3v) is 7.42. The number of fused-ring (bicyclic) bond motifs is 5. The number of nitrogens with zero attached hydrogens (tertiary/aromatic N) is 5. The van der Waals surface area contributed by atoms with E-state index in [1.165, 1.54) is 18.2 Å². The molecule has 0 aliphatic carbocycles. The fraction of sp³-hybridized carbons (Fsp3) is 0.417. The third kappa shape index (κ3) is 4.00. The number of aliphatic carboxylic acids is 1. The minimum atomic E-state index is -0.837. The summed E-state index contributed by atoms with van der Waals surface area (Å²) < 4.78 is 22.0. The standard InChI is InChI=1S/C24H23ClFN5O4/c25-13-8-27-23-19-10-29(11-20(19)28-31(23)9-13)24(34)18-4-1-14(26)5-21(18)35-17-6-15-2-3-16(7-17)30(15)12-22(32)33/h1,4-5,8-9,15-17H,2-3,6-7,10-12H2,(H,32,33)/t15-,16+,17?. The Hall–Kier alpha value is -3.24. The number of carboxylic acid groups (broad SMARTS) is 1. The first kappa shape index (κ1) is 22.2. The highest BCUT2D eigenvalue weighted by atomic mass is 35.5. The largest absolute Gasteiger partial charge is 0.489 e. The van der Waals surface area contributed by atoms with Crippen LogP contribution in [-0.2, 0) is 17.9 Å². The first-order valence-electron chi connectivity index (χ1n) is 11.6. The molecule has 182 valence electrons. The van der Waals surface area contributed by atoms with E-state index in [1.807, 2.05) is 4.90 Å². The molecule has 11 heteroatoms. The van der Waals surface area contributed by atoms with Crippen LogP contribution in [0.5, 0.6) is 5.75 Å². The van der Waals surface area contributed by atoms with Gasteiger partial charge >= 0.3 is 5.97 Å². The average Bonchev–Trinajstić information content (AvgIpc) is 3.42.